The van der Waals surface area contributed by atoms with Crippen molar-refractivity contribution in [2.45, 2.75) is 43.7 Å². The van der Waals surface area contributed by atoms with Crippen LogP contribution in [0.4, 0.5) is 5.69 Å². The number of rotatable bonds is 5. The van der Waals surface area contributed by atoms with Crippen LogP contribution in [-0.2, 0) is 0 Å². The highest BCUT2D eigenvalue weighted by atomic mass is 15.2. The van der Waals surface area contributed by atoms with Gasteiger partial charge in [-0.2, -0.15) is 0 Å². The number of nitrogens with one attached hydrogen (secondary N) is 1. The normalized spacial score (nSPS) is 22.3. The first kappa shape index (κ1) is 14.9. The second-order valence-corrected chi connectivity index (χ2v) is 6.95. The first-order valence-corrected chi connectivity index (χ1v) is 8.40. The predicted octanol–water partition coefficient (Wildman–Crippen LogP) is 2.73. The predicted molar refractivity (Wildman–Crippen MR) is 89.9 cm³/mol. The van der Waals surface area contributed by atoms with Crippen LogP contribution in [0.1, 0.15) is 32.1 Å². The Labute approximate surface area is 129 Å². The summed E-state index contributed by atoms with van der Waals surface area (Å²) in [7, 11) is 4.47. The van der Waals surface area contributed by atoms with Gasteiger partial charge in [0.05, 0.1) is 0 Å². The summed E-state index contributed by atoms with van der Waals surface area (Å²) < 4.78 is 0. The van der Waals surface area contributed by atoms with Crippen molar-refractivity contribution in [2.24, 2.45) is 0 Å². The lowest BCUT2D eigenvalue weighted by atomic mass is 9.75. The molecule has 1 saturated carbocycles. The van der Waals surface area contributed by atoms with Crippen LogP contribution < -0.4 is 10.2 Å². The van der Waals surface area contributed by atoms with Crippen molar-refractivity contribution in [2.75, 3.05) is 38.6 Å². The Morgan fingerprint density at radius 3 is 2.33 bits per heavy atom. The van der Waals surface area contributed by atoms with Gasteiger partial charge in [0, 0.05) is 36.9 Å². The zero-order valence-corrected chi connectivity index (χ0v) is 13.5. The molecule has 2 fully saturated rings. The molecule has 0 atom stereocenters. The van der Waals surface area contributed by atoms with Crippen LogP contribution in [0.5, 0.6) is 0 Å². The summed E-state index contributed by atoms with van der Waals surface area (Å²) in [5.41, 5.74) is 1.82. The molecule has 0 amide bonds. The van der Waals surface area contributed by atoms with Gasteiger partial charge in [-0.05, 0) is 58.3 Å². The lowest BCUT2D eigenvalue weighted by molar-refractivity contribution is 0.0561. The van der Waals surface area contributed by atoms with Gasteiger partial charge in [-0.1, -0.05) is 18.2 Å². The van der Waals surface area contributed by atoms with E-state index in [-0.39, 0.29) is 0 Å². The van der Waals surface area contributed by atoms with E-state index in [0.717, 1.165) is 6.54 Å². The van der Waals surface area contributed by atoms with Crippen molar-refractivity contribution in [3.05, 3.63) is 30.3 Å². The fourth-order valence-electron chi connectivity index (χ4n) is 3.68. The smallest absolute Gasteiger partial charge is 0.0366 e. The standard InChI is InChI=1S/C18H29N3/c1-20(2)18(11-6-12-18)15-19-16-9-13-21(14-10-16)17-7-4-3-5-8-17/h3-5,7-8,16,19H,6,9-15H2,1-2H3. The topological polar surface area (TPSA) is 18.5 Å². The maximum atomic E-state index is 3.85. The zero-order chi connectivity index (χ0) is 14.7. The van der Waals surface area contributed by atoms with Crippen molar-refractivity contribution in [1.82, 2.24) is 10.2 Å². The Morgan fingerprint density at radius 1 is 1.14 bits per heavy atom. The molecule has 3 heteroatoms. The summed E-state index contributed by atoms with van der Waals surface area (Å²) in [5.74, 6) is 0. The Balaban J connectivity index is 1.46. The van der Waals surface area contributed by atoms with Gasteiger partial charge >= 0.3 is 0 Å². The molecule has 21 heavy (non-hydrogen) atoms. The number of hydrogen-bond donors (Lipinski definition) is 1. The van der Waals surface area contributed by atoms with Gasteiger partial charge in [-0.15, -0.1) is 0 Å². The van der Waals surface area contributed by atoms with Crippen LogP contribution in [0.15, 0.2) is 30.3 Å². The average Bonchev–Trinajstić information content (AvgIpc) is 2.47. The molecular formula is C18H29N3. The van der Waals surface area contributed by atoms with Crippen LogP contribution in [0.2, 0.25) is 0 Å². The molecule has 116 valence electrons. The van der Waals surface area contributed by atoms with Gasteiger partial charge in [0.15, 0.2) is 0 Å². The Kier molecular flexibility index (Phi) is 4.51. The Hall–Kier alpha value is -1.06. The van der Waals surface area contributed by atoms with Gasteiger partial charge in [-0.25, -0.2) is 0 Å². The number of likely N-dealkylation sites (N-methyl/N-ethyl adjacent to an activating group) is 1. The monoisotopic (exact) mass is 287 g/mol. The molecule has 0 bridgehead atoms. The summed E-state index contributed by atoms with van der Waals surface area (Å²) in [6, 6.07) is 11.5. The number of benzene rings is 1. The molecular weight excluding hydrogens is 258 g/mol. The molecule has 1 aromatic carbocycles. The fourth-order valence-corrected chi connectivity index (χ4v) is 3.68. The number of piperidine rings is 1. The third-order valence-electron chi connectivity index (χ3n) is 5.57. The minimum absolute atomic E-state index is 0.441. The first-order valence-electron chi connectivity index (χ1n) is 8.40. The third kappa shape index (κ3) is 3.24. The molecule has 1 heterocycles. The maximum Gasteiger partial charge on any atom is 0.0366 e. The minimum atomic E-state index is 0.441. The summed E-state index contributed by atoms with van der Waals surface area (Å²) in [4.78, 5) is 4.95. The van der Waals surface area contributed by atoms with Gasteiger partial charge in [0.2, 0.25) is 0 Å². The molecule has 3 rings (SSSR count). The Morgan fingerprint density at radius 2 is 1.81 bits per heavy atom. The van der Waals surface area contributed by atoms with Crippen molar-refractivity contribution in [3.63, 3.8) is 0 Å². The van der Waals surface area contributed by atoms with Crippen LogP contribution in [0.3, 0.4) is 0 Å². The highest BCUT2D eigenvalue weighted by Crippen LogP contribution is 2.35. The second kappa shape index (κ2) is 6.37. The van der Waals surface area contributed by atoms with E-state index >= 15 is 0 Å². The first-order chi connectivity index (χ1) is 10.2. The Bertz CT molecular complexity index is 431. The molecule has 1 aromatic rings. The fraction of sp³-hybridized carbons (Fsp3) is 0.667. The van der Waals surface area contributed by atoms with E-state index in [0.29, 0.717) is 11.6 Å². The molecule has 0 radical (unpaired) electrons. The summed E-state index contributed by atoms with van der Waals surface area (Å²) in [6.45, 7) is 3.52. The van der Waals surface area contributed by atoms with Gasteiger partial charge in [0.25, 0.3) is 0 Å². The van der Waals surface area contributed by atoms with E-state index in [2.05, 4.69) is 59.5 Å². The molecule has 1 saturated heterocycles. The molecule has 2 aliphatic rings. The number of hydrogen-bond acceptors (Lipinski definition) is 3. The summed E-state index contributed by atoms with van der Waals surface area (Å²) >= 11 is 0. The van der Waals surface area contributed by atoms with E-state index in [1.807, 2.05) is 0 Å². The van der Waals surface area contributed by atoms with Crippen molar-refractivity contribution in [3.8, 4) is 0 Å². The molecule has 0 aromatic heterocycles. The number of nitrogens with zero attached hydrogens (tertiary/aromatic N) is 2. The minimum Gasteiger partial charge on any atom is -0.371 e. The van der Waals surface area contributed by atoms with Gasteiger partial charge in [-0.3, -0.25) is 0 Å². The molecule has 1 aliphatic carbocycles. The van der Waals surface area contributed by atoms with Crippen molar-refractivity contribution in [1.29, 1.82) is 0 Å². The van der Waals surface area contributed by atoms with E-state index < -0.39 is 0 Å². The lowest BCUT2D eigenvalue weighted by Gasteiger charge is -2.48. The average molecular weight is 287 g/mol. The highest BCUT2D eigenvalue weighted by molar-refractivity contribution is 5.46. The van der Waals surface area contributed by atoms with E-state index in [9.17, 15) is 0 Å². The lowest BCUT2D eigenvalue weighted by Crippen LogP contribution is -2.58. The van der Waals surface area contributed by atoms with Crippen LogP contribution in [0, 0.1) is 0 Å². The molecule has 3 nitrogen and oxygen atoms in total. The van der Waals surface area contributed by atoms with E-state index in [4.69, 9.17) is 0 Å². The quantitative estimate of drug-likeness (QED) is 0.898. The molecule has 1 N–H and O–H groups in total. The van der Waals surface area contributed by atoms with Crippen LogP contribution in [0.25, 0.3) is 0 Å². The number of para-hydroxylation sites is 1. The number of anilines is 1. The molecule has 0 spiro atoms. The summed E-state index contributed by atoms with van der Waals surface area (Å²) in [5, 5.41) is 3.85. The van der Waals surface area contributed by atoms with Crippen molar-refractivity contribution < 1.29 is 0 Å². The van der Waals surface area contributed by atoms with Crippen LogP contribution >= 0.6 is 0 Å². The van der Waals surface area contributed by atoms with E-state index in [1.165, 1.54) is 50.9 Å². The van der Waals surface area contributed by atoms with E-state index in [1.54, 1.807) is 0 Å². The van der Waals surface area contributed by atoms with Gasteiger partial charge < -0.3 is 15.1 Å². The largest absolute Gasteiger partial charge is 0.371 e. The zero-order valence-electron chi connectivity index (χ0n) is 13.5. The summed E-state index contributed by atoms with van der Waals surface area (Å²) in [6.07, 6.45) is 6.63. The third-order valence-corrected chi connectivity index (χ3v) is 5.57. The van der Waals surface area contributed by atoms with Gasteiger partial charge in [0.1, 0.15) is 0 Å². The molecule has 0 unspecified atom stereocenters. The second-order valence-electron chi connectivity index (χ2n) is 6.95. The van der Waals surface area contributed by atoms with Crippen LogP contribution in [-0.4, -0.2) is 50.2 Å². The SMILES string of the molecule is CN(C)C1(CNC2CCN(c3ccccc3)CC2)CCC1. The van der Waals surface area contributed by atoms with Crippen molar-refractivity contribution >= 4 is 5.69 Å². The maximum absolute atomic E-state index is 3.85. The highest BCUT2D eigenvalue weighted by Gasteiger charge is 2.39. The molecule has 1 aliphatic heterocycles.